The maximum Gasteiger partial charge on any atom is 0.415 e. The van der Waals surface area contributed by atoms with Crippen LogP contribution in [-0.2, 0) is 16.0 Å². The van der Waals surface area contributed by atoms with Crippen LogP contribution in [0.4, 0.5) is 9.59 Å². The Labute approximate surface area is 117 Å². The number of ketones is 1. The minimum Gasteiger partial charge on any atom is -0.450 e. The van der Waals surface area contributed by atoms with E-state index < -0.39 is 18.2 Å². The first-order valence-electron chi connectivity index (χ1n) is 6.31. The first kappa shape index (κ1) is 15.7. The van der Waals surface area contributed by atoms with Crippen molar-refractivity contribution in [2.45, 2.75) is 26.3 Å². The fourth-order valence-corrected chi connectivity index (χ4v) is 1.60. The highest BCUT2D eigenvalue weighted by Crippen LogP contribution is 2.04. The summed E-state index contributed by atoms with van der Waals surface area (Å²) in [6, 6.07) is 7.86. The van der Waals surface area contributed by atoms with Crippen molar-refractivity contribution in [2.75, 3.05) is 6.61 Å². The van der Waals surface area contributed by atoms with Crippen LogP contribution in [0.2, 0.25) is 0 Å². The first-order valence-corrected chi connectivity index (χ1v) is 6.31. The molecule has 20 heavy (non-hydrogen) atoms. The number of rotatable bonds is 5. The van der Waals surface area contributed by atoms with E-state index in [-0.39, 0.29) is 12.4 Å². The van der Waals surface area contributed by atoms with Crippen molar-refractivity contribution in [1.82, 2.24) is 10.6 Å². The van der Waals surface area contributed by atoms with Crippen molar-refractivity contribution in [2.24, 2.45) is 0 Å². The Balaban J connectivity index is 2.57. The summed E-state index contributed by atoms with van der Waals surface area (Å²) in [4.78, 5) is 34.2. The summed E-state index contributed by atoms with van der Waals surface area (Å²) in [5.74, 6) is -0.187. The minimum atomic E-state index is -0.841. The van der Waals surface area contributed by atoms with Gasteiger partial charge >= 0.3 is 12.1 Å². The molecule has 0 aliphatic carbocycles. The van der Waals surface area contributed by atoms with Gasteiger partial charge in [-0.05, 0) is 25.8 Å². The van der Waals surface area contributed by atoms with Gasteiger partial charge in [-0.2, -0.15) is 0 Å². The van der Waals surface area contributed by atoms with Gasteiger partial charge in [0.2, 0.25) is 0 Å². The number of carbonyl (C=O) groups is 3. The normalized spacial score (nSPS) is 11.3. The number of benzene rings is 1. The Morgan fingerprint density at radius 1 is 1.20 bits per heavy atom. The van der Waals surface area contributed by atoms with E-state index in [0.29, 0.717) is 6.42 Å². The zero-order valence-corrected chi connectivity index (χ0v) is 11.5. The molecule has 0 aromatic heterocycles. The number of ether oxygens (including phenoxy) is 1. The fourth-order valence-electron chi connectivity index (χ4n) is 1.60. The monoisotopic (exact) mass is 278 g/mol. The third-order valence-corrected chi connectivity index (χ3v) is 2.57. The van der Waals surface area contributed by atoms with Gasteiger partial charge in [0.05, 0.1) is 12.6 Å². The van der Waals surface area contributed by atoms with Crippen LogP contribution in [0.3, 0.4) is 0 Å². The quantitative estimate of drug-likeness (QED) is 0.857. The summed E-state index contributed by atoms with van der Waals surface area (Å²) in [5, 5.41) is 4.44. The van der Waals surface area contributed by atoms with E-state index >= 15 is 0 Å². The molecule has 2 N–H and O–H groups in total. The number of imide groups is 1. The van der Waals surface area contributed by atoms with Crippen LogP contribution in [0, 0.1) is 0 Å². The first-order chi connectivity index (χ1) is 9.52. The predicted molar refractivity (Wildman–Crippen MR) is 73.3 cm³/mol. The fraction of sp³-hybridized carbons (Fsp3) is 0.357. The summed E-state index contributed by atoms with van der Waals surface area (Å²) < 4.78 is 4.58. The lowest BCUT2D eigenvalue weighted by atomic mass is 10.0. The smallest absolute Gasteiger partial charge is 0.415 e. The summed E-state index contributed by atoms with van der Waals surface area (Å²) in [6.45, 7) is 3.18. The molecule has 0 aliphatic rings. The van der Waals surface area contributed by atoms with E-state index in [4.69, 9.17) is 0 Å². The number of urea groups is 1. The molecule has 1 unspecified atom stereocenters. The Kier molecular flexibility index (Phi) is 6.22. The van der Waals surface area contributed by atoms with Crippen LogP contribution in [0.25, 0.3) is 0 Å². The van der Waals surface area contributed by atoms with E-state index in [9.17, 15) is 14.4 Å². The van der Waals surface area contributed by atoms with Gasteiger partial charge in [-0.1, -0.05) is 30.3 Å². The molecular formula is C14H18N2O4. The zero-order valence-electron chi connectivity index (χ0n) is 11.5. The van der Waals surface area contributed by atoms with Crippen LogP contribution in [0.1, 0.15) is 19.4 Å². The Hall–Kier alpha value is -2.37. The zero-order chi connectivity index (χ0) is 15.0. The topological polar surface area (TPSA) is 84.5 Å². The van der Waals surface area contributed by atoms with E-state index in [1.165, 1.54) is 6.92 Å². The van der Waals surface area contributed by atoms with Gasteiger partial charge in [0.1, 0.15) is 0 Å². The van der Waals surface area contributed by atoms with Crippen LogP contribution in [0.5, 0.6) is 0 Å². The van der Waals surface area contributed by atoms with Crippen molar-refractivity contribution < 1.29 is 19.1 Å². The molecule has 0 saturated heterocycles. The molecule has 0 fully saturated rings. The second-order valence-electron chi connectivity index (χ2n) is 4.17. The lowest BCUT2D eigenvalue weighted by Crippen LogP contribution is -2.48. The van der Waals surface area contributed by atoms with Crippen molar-refractivity contribution in [3.8, 4) is 0 Å². The average Bonchev–Trinajstić information content (AvgIpc) is 2.39. The molecule has 1 aromatic rings. The van der Waals surface area contributed by atoms with Crippen LogP contribution in [-0.4, -0.2) is 30.6 Å². The number of carbonyl (C=O) groups excluding carboxylic acids is 3. The maximum atomic E-state index is 11.6. The highest BCUT2D eigenvalue weighted by atomic mass is 16.5. The van der Waals surface area contributed by atoms with Gasteiger partial charge in [0.15, 0.2) is 5.78 Å². The van der Waals surface area contributed by atoms with E-state index in [1.54, 1.807) is 6.92 Å². The lowest BCUT2D eigenvalue weighted by molar-refractivity contribution is -0.118. The molecule has 0 heterocycles. The van der Waals surface area contributed by atoms with E-state index in [1.807, 2.05) is 35.6 Å². The largest absolute Gasteiger partial charge is 0.450 e. The number of alkyl carbamates (subject to hydrolysis) is 1. The van der Waals surface area contributed by atoms with Crippen molar-refractivity contribution in [3.63, 3.8) is 0 Å². The molecule has 1 rings (SSSR count). The summed E-state index contributed by atoms with van der Waals surface area (Å²) in [7, 11) is 0. The van der Waals surface area contributed by atoms with Crippen molar-refractivity contribution >= 4 is 17.9 Å². The molecule has 0 saturated carbocycles. The molecule has 0 aliphatic heterocycles. The molecule has 0 bridgehead atoms. The maximum absolute atomic E-state index is 11.6. The molecular weight excluding hydrogens is 260 g/mol. The molecule has 3 amide bonds. The molecule has 0 radical (unpaired) electrons. The minimum absolute atomic E-state index is 0.166. The summed E-state index contributed by atoms with van der Waals surface area (Å²) in [6.07, 6.45) is -0.473. The molecule has 6 heteroatoms. The predicted octanol–water partition coefficient (Wildman–Crippen LogP) is 1.64. The molecule has 6 nitrogen and oxygen atoms in total. The molecule has 108 valence electrons. The van der Waals surface area contributed by atoms with Crippen LogP contribution >= 0.6 is 0 Å². The highest BCUT2D eigenvalue weighted by Gasteiger charge is 2.18. The van der Waals surface area contributed by atoms with Crippen molar-refractivity contribution in [1.29, 1.82) is 0 Å². The van der Waals surface area contributed by atoms with Gasteiger partial charge in [-0.3, -0.25) is 4.79 Å². The van der Waals surface area contributed by atoms with E-state index in [0.717, 1.165) is 5.56 Å². The van der Waals surface area contributed by atoms with Gasteiger partial charge < -0.3 is 10.1 Å². The Bertz CT molecular complexity index is 473. The third-order valence-electron chi connectivity index (χ3n) is 2.57. The number of hydrogen-bond acceptors (Lipinski definition) is 4. The lowest BCUT2D eigenvalue weighted by Gasteiger charge is -2.16. The second-order valence-corrected chi connectivity index (χ2v) is 4.17. The average molecular weight is 278 g/mol. The van der Waals surface area contributed by atoms with E-state index in [2.05, 4.69) is 10.1 Å². The SMILES string of the molecule is CCOC(=O)NC(=O)NC(Cc1ccccc1)C(C)=O. The van der Waals surface area contributed by atoms with Crippen LogP contribution < -0.4 is 10.6 Å². The Morgan fingerprint density at radius 2 is 1.85 bits per heavy atom. The number of amides is 3. The second kappa shape index (κ2) is 7.93. The third kappa shape index (κ3) is 5.51. The summed E-state index contributed by atoms with van der Waals surface area (Å²) >= 11 is 0. The highest BCUT2D eigenvalue weighted by molar-refractivity contribution is 5.94. The molecule has 0 spiro atoms. The number of hydrogen-bond donors (Lipinski definition) is 2. The molecule has 1 aromatic carbocycles. The molecule has 1 atom stereocenters. The number of Topliss-reactive ketones (excluding diaryl/α,β-unsaturated/α-hetero) is 1. The summed E-state index contributed by atoms with van der Waals surface area (Å²) in [5.41, 5.74) is 0.920. The standard InChI is InChI=1S/C14H18N2O4/c1-3-20-14(19)16-13(18)15-12(10(2)17)9-11-7-5-4-6-8-11/h4-8,12H,3,9H2,1-2H3,(H2,15,16,18,19). The van der Waals surface area contributed by atoms with Gasteiger partial charge in [-0.15, -0.1) is 0 Å². The van der Waals surface area contributed by atoms with Gasteiger partial charge in [0, 0.05) is 0 Å². The Morgan fingerprint density at radius 3 is 2.40 bits per heavy atom. The number of nitrogens with one attached hydrogen (secondary N) is 2. The van der Waals surface area contributed by atoms with Gasteiger partial charge in [-0.25, -0.2) is 14.9 Å². The van der Waals surface area contributed by atoms with Crippen molar-refractivity contribution in [3.05, 3.63) is 35.9 Å². The van der Waals surface area contributed by atoms with Gasteiger partial charge in [0.25, 0.3) is 0 Å². The van der Waals surface area contributed by atoms with Crippen LogP contribution in [0.15, 0.2) is 30.3 Å².